The lowest BCUT2D eigenvalue weighted by Gasteiger charge is -2.09. The quantitative estimate of drug-likeness (QED) is 0.461. The number of hydrogen-bond acceptors (Lipinski definition) is 3. The molecule has 0 bridgehead atoms. The molecule has 0 aromatic carbocycles. The summed E-state index contributed by atoms with van der Waals surface area (Å²) in [6, 6.07) is 0. The lowest BCUT2D eigenvalue weighted by molar-refractivity contribution is -0.143. The Morgan fingerprint density at radius 3 is 2.47 bits per heavy atom. The van der Waals surface area contributed by atoms with E-state index in [0.29, 0.717) is 12.3 Å². The maximum absolute atomic E-state index is 11.3. The number of esters is 1. The van der Waals surface area contributed by atoms with Crippen molar-refractivity contribution in [2.75, 3.05) is 7.11 Å². The SMILES string of the molecule is CCCC[C@@H](C)CCC(=O)CC(=O)OC. The van der Waals surface area contributed by atoms with Crippen molar-refractivity contribution in [1.82, 2.24) is 0 Å². The van der Waals surface area contributed by atoms with Crippen molar-refractivity contribution in [3.05, 3.63) is 0 Å². The normalized spacial score (nSPS) is 12.2. The predicted molar refractivity (Wildman–Crippen MR) is 59.6 cm³/mol. The van der Waals surface area contributed by atoms with Crippen LogP contribution in [0.3, 0.4) is 0 Å². The highest BCUT2D eigenvalue weighted by Crippen LogP contribution is 2.14. The highest BCUT2D eigenvalue weighted by molar-refractivity contribution is 5.95. The number of carbonyl (C=O) groups excluding carboxylic acids is 2. The fourth-order valence-corrected chi connectivity index (χ4v) is 1.43. The van der Waals surface area contributed by atoms with Crippen molar-refractivity contribution < 1.29 is 14.3 Å². The smallest absolute Gasteiger partial charge is 0.313 e. The van der Waals surface area contributed by atoms with E-state index in [0.717, 1.165) is 6.42 Å². The van der Waals surface area contributed by atoms with Gasteiger partial charge in [-0.3, -0.25) is 9.59 Å². The minimum Gasteiger partial charge on any atom is -0.469 e. The molecular formula is C12H22O3. The molecule has 0 aliphatic heterocycles. The molecule has 0 aliphatic rings. The summed E-state index contributed by atoms with van der Waals surface area (Å²) in [6.07, 6.45) is 4.89. The fraction of sp³-hybridized carbons (Fsp3) is 0.833. The topological polar surface area (TPSA) is 43.4 Å². The first kappa shape index (κ1) is 14.1. The third kappa shape index (κ3) is 8.16. The molecule has 0 radical (unpaired) electrons. The first-order chi connectivity index (χ1) is 7.10. The van der Waals surface area contributed by atoms with Gasteiger partial charge in [0.05, 0.1) is 7.11 Å². The molecule has 0 aromatic heterocycles. The first-order valence-corrected chi connectivity index (χ1v) is 5.68. The van der Waals surface area contributed by atoms with Gasteiger partial charge in [-0.05, 0) is 12.3 Å². The maximum atomic E-state index is 11.3. The predicted octanol–water partition coefficient (Wildman–Crippen LogP) is 2.73. The van der Waals surface area contributed by atoms with E-state index in [1.54, 1.807) is 0 Å². The molecule has 0 amide bonds. The van der Waals surface area contributed by atoms with Crippen LogP contribution in [0.2, 0.25) is 0 Å². The van der Waals surface area contributed by atoms with E-state index in [4.69, 9.17) is 0 Å². The van der Waals surface area contributed by atoms with Crippen LogP contribution in [0.25, 0.3) is 0 Å². The summed E-state index contributed by atoms with van der Waals surface area (Å²) < 4.78 is 4.43. The van der Waals surface area contributed by atoms with Gasteiger partial charge in [0.1, 0.15) is 12.2 Å². The van der Waals surface area contributed by atoms with Gasteiger partial charge in [-0.25, -0.2) is 0 Å². The van der Waals surface area contributed by atoms with Crippen LogP contribution in [-0.2, 0) is 14.3 Å². The van der Waals surface area contributed by atoms with Gasteiger partial charge >= 0.3 is 5.97 Å². The second-order valence-electron chi connectivity index (χ2n) is 4.08. The fourth-order valence-electron chi connectivity index (χ4n) is 1.43. The van der Waals surface area contributed by atoms with E-state index in [-0.39, 0.29) is 12.2 Å². The van der Waals surface area contributed by atoms with Gasteiger partial charge in [0.2, 0.25) is 0 Å². The van der Waals surface area contributed by atoms with Crippen molar-refractivity contribution >= 4 is 11.8 Å². The molecule has 0 aromatic rings. The Hall–Kier alpha value is -0.860. The molecule has 0 spiro atoms. The molecule has 3 heteroatoms. The molecule has 0 saturated heterocycles. The van der Waals surface area contributed by atoms with Crippen molar-refractivity contribution in [2.24, 2.45) is 5.92 Å². The van der Waals surface area contributed by atoms with Crippen molar-refractivity contribution in [3.8, 4) is 0 Å². The van der Waals surface area contributed by atoms with Gasteiger partial charge in [-0.1, -0.05) is 33.1 Å². The number of ketones is 1. The Labute approximate surface area is 92.2 Å². The third-order valence-corrected chi connectivity index (χ3v) is 2.54. The average molecular weight is 214 g/mol. The van der Waals surface area contributed by atoms with Gasteiger partial charge in [-0.15, -0.1) is 0 Å². The van der Waals surface area contributed by atoms with E-state index in [9.17, 15) is 9.59 Å². The second-order valence-corrected chi connectivity index (χ2v) is 4.08. The molecule has 0 heterocycles. The molecule has 0 saturated carbocycles. The monoisotopic (exact) mass is 214 g/mol. The number of unbranched alkanes of at least 4 members (excludes halogenated alkanes) is 1. The molecule has 15 heavy (non-hydrogen) atoms. The summed E-state index contributed by atoms with van der Waals surface area (Å²) >= 11 is 0. The molecule has 0 fully saturated rings. The molecule has 0 aliphatic carbocycles. The van der Waals surface area contributed by atoms with Crippen LogP contribution in [-0.4, -0.2) is 18.9 Å². The van der Waals surface area contributed by atoms with Gasteiger partial charge in [0.25, 0.3) is 0 Å². The summed E-state index contributed by atoms with van der Waals surface area (Å²) in [4.78, 5) is 22.1. The molecular weight excluding hydrogens is 192 g/mol. The molecule has 3 nitrogen and oxygen atoms in total. The highest BCUT2D eigenvalue weighted by Gasteiger charge is 2.11. The standard InChI is InChI=1S/C12H22O3/c1-4-5-6-10(2)7-8-11(13)9-12(14)15-3/h10H,4-9H2,1-3H3/t10-/m1/s1. The van der Waals surface area contributed by atoms with Crippen LogP contribution in [0, 0.1) is 5.92 Å². The van der Waals surface area contributed by atoms with Gasteiger partial charge < -0.3 is 4.74 Å². The van der Waals surface area contributed by atoms with Crippen LogP contribution in [0.1, 0.15) is 52.4 Å². The summed E-state index contributed by atoms with van der Waals surface area (Å²) in [6.45, 7) is 4.32. The Morgan fingerprint density at radius 2 is 1.93 bits per heavy atom. The largest absolute Gasteiger partial charge is 0.469 e. The molecule has 88 valence electrons. The number of rotatable bonds is 8. The van der Waals surface area contributed by atoms with Crippen LogP contribution in [0.5, 0.6) is 0 Å². The maximum Gasteiger partial charge on any atom is 0.313 e. The summed E-state index contributed by atoms with van der Waals surface area (Å²) in [5.41, 5.74) is 0. The van der Waals surface area contributed by atoms with E-state index < -0.39 is 5.97 Å². The van der Waals surface area contributed by atoms with E-state index in [1.807, 2.05) is 0 Å². The second kappa shape index (κ2) is 8.45. The summed E-state index contributed by atoms with van der Waals surface area (Å²) in [5, 5.41) is 0. The highest BCUT2D eigenvalue weighted by atomic mass is 16.5. The molecule has 1 atom stereocenters. The van der Waals surface area contributed by atoms with E-state index >= 15 is 0 Å². The average Bonchev–Trinajstić information content (AvgIpc) is 2.23. The van der Waals surface area contributed by atoms with E-state index in [1.165, 1.54) is 26.4 Å². The number of Topliss-reactive ketones (excluding diaryl/α,β-unsaturated/α-hetero) is 1. The van der Waals surface area contributed by atoms with Crippen LogP contribution in [0.4, 0.5) is 0 Å². The Morgan fingerprint density at radius 1 is 1.27 bits per heavy atom. The molecule has 0 rings (SSSR count). The molecule has 0 unspecified atom stereocenters. The summed E-state index contributed by atoms with van der Waals surface area (Å²) in [5.74, 6) is 0.137. The lowest BCUT2D eigenvalue weighted by Crippen LogP contribution is -2.10. The lowest BCUT2D eigenvalue weighted by atomic mass is 9.97. The van der Waals surface area contributed by atoms with Gasteiger partial charge in [0.15, 0.2) is 0 Å². The van der Waals surface area contributed by atoms with Crippen LogP contribution < -0.4 is 0 Å². The molecule has 0 N–H and O–H groups in total. The summed E-state index contributed by atoms with van der Waals surface area (Å²) in [7, 11) is 1.31. The number of hydrogen-bond donors (Lipinski definition) is 0. The Bertz CT molecular complexity index is 199. The van der Waals surface area contributed by atoms with Crippen molar-refractivity contribution in [3.63, 3.8) is 0 Å². The van der Waals surface area contributed by atoms with Gasteiger partial charge in [-0.2, -0.15) is 0 Å². The third-order valence-electron chi connectivity index (χ3n) is 2.54. The van der Waals surface area contributed by atoms with Crippen molar-refractivity contribution in [2.45, 2.75) is 52.4 Å². The zero-order valence-electron chi connectivity index (χ0n) is 10.0. The minimum absolute atomic E-state index is 0.00908. The van der Waals surface area contributed by atoms with Crippen LogP contribution >= 0.6 is 0 Å². The minimum atomic E-state index is -0.429. The zero-order chi connectivity index (χ0) is 11.7. The van der Waals surface area contributed by atoms with E-state index in [2.05, 4.69) is 18.6 Å². The first-order valence-electron chi connectivity index (χ1n) is 5.68. The zero-order valence-corrected chi connectivity index (χ0v) is 10.0. The number of ether oxygens (including phenoxy) is 1. The van der Waals surface area contributed by atoms with Crippen LogP contribution in [0.15, 0.2) is 0 Å². The number of carbonyl (C=O) groups is 2. The van der Waals surface area contributed by atoms with Gasteiger partial charge in [0, 0.05) is 6.42 Å². The Balaban J connectivity index is 3.57. The Kier molecular flexibility index (Phi) is 7.96. The number of methoxy groups -OCH3 is 1. The van der Waals surface area contributed by atoms with Crippen molar-refractivity contribution in [1.29, 1.82) is 0 Å².